The van der Waals surface area contributed by atoms with Crippen LogP contribution in [0.3, 0.4) is 0 Å². The first-order chi connectivity index (χ1) is 9.10. The fraction of sp³-hybridized carbons (Fsp3) is 0.533. The maximum atomic E-state index is 13.5. The quantitative estimate of drug-likeness (QED) is 0.869. The highest BCUT2D eigenvalue weighted by Gasteiger charge is 2.25. The maximum Gasteiger partial charge on any atom is 0.221 e. The molecular weight excluding hydrogens is 243 g/mol. The van der Waals surface area contributed by atoms with Gasteiger partial charge in [0.2, 0.25) is 5.91 Å². The molecule has 0 radical (unpaired) electrons. The van der Waals surface area contributed by atoms with Crippen LogP contribution in [0.4, 0.5) is 15.8 Å². The summed E-state index contributed by atoms with van der Waals surface area (Å²) in [5.74, 6) is 0.0248. The van der Waals surface area contributed by atoms with Gasteiger partial charge in [0.15, 0.2) is 0 Å². The monoisotopic (exact) mass is 264 g/mol. The number of carbonyl (C=O) groups excluding carboxylic acids is 1. The molecule has 1 aliphatic carbocycles. The molecule has 0 heterocycles. The topological polar surface area (TPSA) is 41.1 Å². The van der Waals surface area contributed by atoms with Crippen LogP contribution in [0.15, 0.2) is 18.2 Å². The predicted octanol–water partition coefficient (Wildman–Crippen LogP) is 3.77. The van der Waals surface area contributed by atoms with Crippen molar-refractivity contribution >= 4 is 17.3 Å². The van der Waals surface area contributed by atoms with Crippen LogP contribution in [0, 0.1) is 11.7 Å². The van der Waals surface area contributed by atoms with Crippen molar-refractivity contribution in [3.05, 3.63) is 24.0 Å². The van der Waals surface area contributed by atoms with Gasteiger partial charge in [0.1, 0.15) is 5.82 Å². The molecule has 1 fully saturated rings. The largest absolute Gasteiger partial charge is 0.382 e. The zero-order valence-electron chi connectivity index (χ0n) is 11.5. The van der Waals surface area contributed by atoms with E-state index in [2.05, 4.69) is 17.6 Å². The lowest BCUT2D eigenvalue weighted by Gasteiger charge is -2.21. The smallest absolute Gasteiger partial charge is 0.221 e. The third kappa shape index (κ3) is 3.46. The summed E-state index contributed by atoms with van der Waals surface area (Å²) in [7, 11) is 0. The minimum atomic E-state index is -0.404. The number of hydrogen-bond acceptors (Lipinski definition) is 2. The van der Waals surface area contributed by atoms with E-state index in [-0.39, 0.29) is 11.6 Å². The van der Waals surface area contributed by atoms with Gasteiger partial charge in [0, 0.05) is 18.7 Å². The molecule has 0 bridgehead atoms. The number of anilines is 2. The number of rotatable bonds is 4. The summed E-state index contributed by atoms with van der Waals surface area (Å²) >= 11 is 0. The van der Waals surface area contributed by atoms with Crippen molar-refractivity contribution in [1.29, 1.82) is 0 Å². The van der Waals surface area contributed by atoms with Gasteiger partial charge >= 0.3 is 0 Å². The van der Waals surface area contributed by atoms with Crippen molar-refractivity contribution in [2.45, 2.75) is 45.6 Å². The van der Waals surface area contributed by atoms with Gasteiger partial charge in [0.25, 0.3) is 0 Å². The lowest BCUT2D eigenvalue weighted by molar-refractivity contribution is -0.114. The molecule has 0 spiro atoms. The number of benzene rings is 1. The van der Waals surface area contributed by atoms with E-state index in [9.17, 15) is 9.18 Å². The molecular formula is C15H21FN2O. The molecule has 1 aliphatic rings. The first-order valence-electron chi connectivity index (χ1n) is 6.94. The van der Waals surface area contributed by atoms with Crippen molar-refractivity contribution in [2.24, 2.45) is 5.92 Å². The van der Waals surface area contributed by atoms with E-state index in [0.29, 0.717) is 12.0 Å². The van der Waals surface area contributed by atoms with E-state index in [1.165, 1.54) is 25.8 Å². The van der Waals surface area contributed by atoms with Crippen LogP contribution in [-0.2, 0) is 4.79 Å². The molecule has 4 heteroatoms. The van der Waals surface area contributed by atoms with Crippen LogP contribution in [0.1, 0.15) is 39.5 Å². The van der Waals surface area contributed by atoms with Gasteiger partial charge in [-0.25, -0.2) is 4.39 Å². The van der Waals surface area contributed by atoms with Crippen molar-refractivity contribution in [1.82, 2.24) is 0 Å². The third-order valence-electron chi connectivity index (χ3n) is 3.81. The molecule has 0 saturated heterocycles. The highest BCUT2D eigenvalue weighted by Crippen LogP contribution is 2.31. The van der Waals surface area contributed by atoms with E-state index in [4.69, 9.17) is 0 Å². The lowest BCUT2D eigenvalue weighted by atomic mass is 10.0. The summed E-state index contributed by atoms with van der Waals surface area (Å²) in [4.78, 5) is 11.0. The van der Waals surface area contributed by atoms with Gasteiger partial charge in [-0.3, -0.25) is 4.79 Å². The molecule has 0 aromatic heterocycles. The zero-order chi connectivity index (χ0) is 13.8. The molecule has 19 heavy (non-hydrogen) atoms. The Morgan fingerprint density at radius 1 is 1.42 bits per heavy atom. The third-order valence-corrected chi connectivity index (χ3v) is 3.81. The zero-order valence-corrected chi connectivity index (χ0v) is 11.5. The predicted molar refractivity (Wildman–Crippen MR) is 75.7 cm³/mol. The molecule has 104 valence electrons. The first kappa shape index (κ1) is 13.8. The Kier molecular flexibility index (Phi) is 4.40. The number of carbonyl (C=O) groups is 1. The average molecular weight is 264 g/mol. The second-order valence-electron chi connectivity index (χ2n) is 5.23. The van der Waals surface area contributed by atoms with Gasteiger partial charge in [-0.05, 0) is 37.0 Å². The minimum Gasteiger partial charge on any atom is -0.382 e. The molecule has 1 aromatic rings. The normalized spacial score (nSPS) is 22.3. The molecule has 1 saturated carbocycles. The summed E-state index contributed by atoms with van der Waals surface area (Å²) in [6.07, 6.45) is 4.83. The number of hydrogen-bond donors (Lipinski definition) is 2. The molecule has 0 aliphatic heterocycles. The second-order valence-corrected chi connectivity index (χ2v) is 5.23. The maximum absolute atomic E-state index is 13.5. The van der Waals surface area contributed by atoms with Crippen molar-refractivity contribution in [3.63, 3.8) is 0 Å². The van der Waals surface area contributed by atoms with Crippen LogP contribution in [0.25, 0.3) is 0 Å². The molecule has 2 unspecified atom stereocenters. The van der Waals surface area contributed by atoms with Crippen molar-refractivity contribution in [3.8, 4) is 0 Å². The standard InChI is InChI=1S/C15H21FN2O/c1-3-11-5-4-6-14(11)18-12-7-8-13(16)15(9-12)17-10(2)19/h7-9,11,14,18H,3-6H2,1-2H3,(H,17,19). The van der Waals surface area contributed by atoms with Gasteiger partial charge in [-0.2, -0.15) is 0 Å². The van der Waals surface area contributed by atoms with E-state index < -0.39 is 5.82 Å². The fourth-order valence-electron chi connectivity index (χ4n) is 2.83. The molecule has 2 N–H and O–H groups in total. The summed E-state index contributed by atoms with van der Waals surface area (Å²) in [5, 5.41) is 5.97. The van der Waals surface area contributed by atoms with Gasteiger partial charge in [0.05, 0.1) is 5.69 Å². The molecule has 1 amide bonds. The van der Waals surface area contributed by atoms with E-state index in [1.54, 1.807) is 12.1 Å². The Balaban J connectivity index is 2.10. The second kappa shape index (κ2) is 6.04. The van der Waals surface area contributed by atoms with Gasteiger partial charge in [-0.1, -0.05) is 19.8 Å². The van der Waals surface area contributed by atoms with Crippen molar-refractivity contribution < 1.29 is 9.18 Å². The van der Waals surface area contributed by atoms with Crippen LogP contribution in [-0.4, -0.2) is 11.9 Å². The van der Waals surface area contributed by atoms with E-state index in [0.717, 1.165) is 18.5 Å². The molecule has 2 atom stereocenters. The first-order valence-corrected chi connectivity index (χ1v) is 6.94. The highest BCUT2D eigenvalue weighted by molar-refractivity contribution is 5.89. The van der Waals surface area contributed by atoms with Crippen LogP contribution in [0.2, 0.25) is 0 Å². The highest BCUT2D eigenvalue weighted by atomic mass is 19.1. The Morgan fingerprint density at radius 3 is 2.89 bits per heavy atom. The number of halogens is 1. The fourth-order valence-corrected chi connectivity index (χ4v) is 2.83. The van der Waals surface area contributed by atoms with Gasteiger partial charge < -0.3 is 10.6 Å². The summed E-state index contributed by atoms with van der Waals surface area (Å²) < 4.78 is 13.5. The van der Waals surface area contributed by atoms with Gasteiger partial charge in [-0.15, -0.1) is 0 Å². The average Bonchev–Trinajstić information content (AvgIpc) is 2.80. The summed E-state index contributed by atoms with van der Waals surface area (Å²) in [6, 6.07) is 5.25. The number of amides is 1. The van der Waals surface area contributed by atoms with Crippen LogP contribution >= 0.6 is 0 Å². The Bertz CT molecular complexity index is 461. The van der Waals surface area contributed by atoms with E-state index in [1.807, 2.05) is 0 Å². The van der Waals surface area contributed by atoms with Crippen LogP contribution in [0.5, 0.6) is 0 Å². The van der Waals surface area contributed by atoms with Crippen molar-refractivity contribution in [2.75, 3.05) is 10.6 Å². The summed E-state index contributed by atoms with van der Waals surface area (Å²) in [6.45, 7) is 3.59. The Hall–Kier alpha value is -1.58. The minimum absolute atomic E-state index is 0.239. The number of nitrogens with one attached hydrogen (secondary N) is 2. The molecule has 1 aromatic carbocycles. The Morgan fingerprint density at radius 2 is 2.21 bits per heavy atom. The summed E-state index contributed by atoms with van der Waals surface area (Å²) in [5.41, 5.74) is 1.11. The Labute approximate surface area is 113 Å². The SMILES string of the molecule is CCC1CCCC1Nc1ccc(F)c(NC(C)=O)c1. The molecule has 3 nitrogen and oxygen atoms in total. The van der Waals surface area contributed by atoms with Crippen LogP contribution < -0.4 is 10.6 Å². The lowest BCUT2D eigenvalue weighted by Crippen LogP contribution is -2.23. The molecule has 2 rings (SSSR count). The van der Waals surface area contributed by atoms with E-state index >= 15 is 0 Å².